The van der Waals surface area contributed by atoms with Crippen molar-refractivity contribution in [1.82, 2.24) is 0 Å². The van der Waals surface area contributed by atoms with Gasteiger partial charge in [0.25, 0.3) is 0 Å². The van der Waals surface area contributed by atoms with Crippen LogP contribution in [0.15, 0.2) is 12.8 Å². The second-order valence-corrected chi connectivity index (χ2v) is 2.85. The van der Waals surface area contributed by atoms with Gasteiger partial charge in [-0.15, -0.1) is 0 Å². The molecule has 60 valence electrons. The van der Waals surface area contributed by atoms with Crippen LogP contribution in [0.5, 0.6) is 0 Å². The van der Waals surface area contributed by atoms with Crippen LogP contribution in [0.1, 0.15) is 27.7 Å². The first-order valence-corrected chi connectivity index (χ1v) is 3.44. The van der Waals surface area contributed by atoms with E-state index >= 15 is 0 Å². The first-order valence-electron chi connectivity index (χ1n) is 3.44. The Morgan fingerprint density at radius 3 is 2.20 bits per heavy atom. The van der Waals surface area contributed by atoms with Crippen molar-refractivity contribution in [1.29, 1.82) is 0 Å². The molecule has 0 rings (SSSR count). The molecule has 0 radical (unpaired) electrons. The lowest BCUT2D eigenvalue weighted by Gasteiger charge is -2.26. The highest BCUT2D eigenvalue weighted by molar-refractivity contribution is 4.61. The minimum absolute atomic E-state index is 0.176. The van der Waals surface area contributed by atoms with E-state index in [1.165, 1.54) is 6.26 Å². The summed E-state index contributed by atoms with van der Waals surface area (Å²) >= 11 is 0. The van der Waals surface area contributed by atoms with Crippen LogP contribution in [-0.4, -0.2) is 11.9 Å². The normalized spacial score (nSPS) is 11.7. The fraction of sp³-hybridized carbons (Fsp3) is 0.750. The van der Waals surface area contributed by atoms with Crippen molar-refractivity contribution in [3.8, 4) is 0 Å². The van der Waals surface area contributed by atoms with Crippen LogP contribution >= 0.6 is 0 Å². The molecule has 0 aliphatic rings. The third-order valence-electron chi connectivity index (χ3n) is 0.887. The third-order valence-corrected chi connectivity index (χ3v) is 0.887. The van der Waals surface area contributed by atoms with Gasteiger partial charge in [0.15, 0.2) is 0 Å². The molecule has 2 heteroatoms. The van der Waals surface area contributed by atoms with Crippen LogP contribution in [-0.2, 0) is 9.47 Å². The van der Waals surface area contributed by atoms with Gasteiger partial charge in [-0.1, -0.05) is 6.58 Å². The van der Waals surface area contributed by atoms with Crippen LogP contribution < -0.4 is 0 Å². The molecule has 0 spiro atoms. The average Bonchev–Trinajstić information content (AvgIpc) is 1.59. The molecule has 0 saturated heterocycles. The van der Waals surface area contributed by atoms with E-state index in [1.807, 2.05) is 27.7 Å². The fourth-order valence-corrected chi connectivity index (χ4v) is 0.796. The summed E-state index contributed by atoms with van der Waals surface area (Å²) in [6, 6.07) is 0. The molecule has 0 aliphatic heterocycles. The Morgan fingerprint density at radius 1 is 1.40 bits per heavy atom. The van der Waals surface area contributed by atoms with Crippen LogP contribution in [0.3, 0.4) is 0 Å². The Labute approximate surface area is 62.8 Å². The van der Waals surface area contributed by atoms with E-state index in [0.717, 1.165) is 0 Å². The van der Waals surface area contributed by atoms with Crippen molar-refractivity contribution in [2.24, 2.45) is 0 Å². The molecule has 0 amide bonds. The highest BCUT2D eigenvalue weighted by Crippen LogP contribution is 2.13. The zero-order valence-corrected chi connectivity index (χ0v) is 7.18. The maximum atomic E-state index is 5.38. The Balaban J connectivity index is 3.73. The lowest BCUT2D eigenvalue weighted by molar-refractivity contribution is -0.201. The van der Waals surface area contributed by atoms with Gasteiger partial charge in [0.2, 0.25) is 5.79 Å². The summed E-state index contributed by atoms with van der Waals surface area (Å²) in [6.07, 6.45) is 1.57. The van der Waals surface area contributed by atoms with Gasteiger partial charge >= 0.3 is 0 Å². The molecule has 2 nitrogen and oxygen atoms in total. The van der Waals surface area contributed by atoms with Gasteiger partial charge in [0.05, 0.1) is 12.4 Å². The van der Waals surface area contributed by atoms with Gasteiger partial charge in [-0.2, -0.15) is 0 Å². The Morgan fingerprint density at radius 2 is 1.90 bits per heavy atom. The quantitative estimate of drug-likeness (QED) is 0.445. The second kappa shape index (κ2) is 3.62. The molecular formula is C8H16O2. The van der Waals surface area contributed by atoms with Crippen LogP contribution in [0, 0.1) is 0 Å². The summed E-state index contributed by atoms with van der Waals surface area (Å²) in [5.74, 6) is -0.546. The number of rotatable bonds is 4. The number of hydrogen-bond acceptors (Lipinski definition) is 2. The van der Waals surface area contributed by atoms with Crippen molar-refractivity contribution >= 4 is 0 Å². The topological polar surface area (TPSA) is 18.5 Å². The van der Waals surface area contributed by atoms with Crippen LogP contribution in [0.4, 0.5) is 0 Å². The van der Waals surface area contributed by atoms with E-state index in [-0.39, 0.29) is 6.10 Å². The molecule has 0 N–H and O–H groups in total. The minimum Gasteiger partial charge on any atom is -0.471 e. The Hall–Kier alpha value is -0.500. The monoisotopic (exact) mass is 144 g/mol. The van der Waals surface area contributed by atoms with E-state index in [2.05, 4.69) is 6.58 Å². The van der Waals surface area contributed by atoms with E-state index in [1.54, 1.807) is 0 Å². The molecule has 0 saturated carbocycles. The predicted octanol–water partition coefficient (Wildman–Crippen LogP) is 2.31. The lowest BCUT2D eigenvalue weighted by atomic mass is 10.3. The molecule has 10 heavy (non-hydrogen) atoms. The zero-order valence-electron chi connectivity index (χ0n) is 7.18. The van der Waals surface area contributed by atoms with Gasteiger partial charge in [0.1, 0.15) is 0 Å². The molecule has 0 atom stereocenters. The van der Waals surface area contributed by atoms with Gasteiger partial charge < -0.3 is 9.47 Å². The first kappa shape index (κ1) is 9.50. The Kier molecular flexibility index (Phi) is 3.43. The lowest BCUT2D eigenvalue weighted by Crippen LogP contribution is -2.29. The van der Waals surface area contributed by atoms with Gasteiger partial charge in [-0.3, -0.25) is 0 Å². The molecule has 0 fully saturated rings. The second-order valence-electron chi connectivity index (χ2n) is 2.85. The molecule has 0 aromatic carbocycles. The third kappa shape index (κ3) is 4.39. The fourth-order valence-electron chi connectivity index (χ4n) is 0.796. The minimum atomic E-state index is -0.546. The van der Waals surface area contributed by atoms with Gasteiger partial charge in [-0.25, -0.2) is 0 Å². The molecule has 0 bridgehead atoms. The van der Waals surface area contributed by atoms with Crippen LogP contribution in [0.25, 0.3) is 0 Å². The first-order chi connectivity index (χ1) is 4.48. The zero-order chi connectivity index (χ0) is 8.20. The molecule has 0 aliphatic carbocycles. The number of ether oxygens (including phenoxy) is 2. The summed E-state index contributed by atoms with van der Waals surface area (Å²) in [4.78, 5) is 0. The molecule has 0 aromatic heterocycles. The van der Waals surface area contributed by atoms with Crippen molar-refractivity contribution < 1.29 is 9.47 Å². The largest absolute Gasteiger partial charge is 0.471 e. The summed E-state index contributed by atoms with van der Waals surface area (Å²) in [5.41, 5.74) is 0. The van der Waals surface area contributed by atoms with E-state index in [9.17, 15) is 0 Å². The molecule has 0 aromatic rings. The van der Waals surface area contributed by atoms with Crippen molar-refractivity contribution in [3.05, 3.63) is 12.8 Å². The SMILES string of the molecule is C=COC(C)(C)OC(C)C. The van der Waals surface area contributed by atoms with E-state index < -0.39 is 5.79 Å². The van der Waals surface area contributed by atoms with Crippen LogP contribution in [0.2, 0.25) is 0 Å². The standard InChI is InChI=1S/C8H16O2/c1-6-9-8(4,5)10-7(2)3/h6-7H,1H2,2-5H3. The predicted molar refractivity (Wildman–Crippen MR) is 41.6 cm³/mol. The van der Waals surface area contributed by atoms with Crippen molar-refractivity contribution in [2.45, 2.75) is 39.6 Å². The van der Waals surface area contributed by atoms with Gasteiger partial charge in [0, 0.05) is 13.8 Å². The summed E-state index contributed by atoms with van der Waals surface area (Å²) < 4.78 is 10.5. The maximum absolute atomic E-state index is 5.38. The smallest absolute Gasteiger partial charge is 0.204 e. The van der Waals surface area contributed by atoms with Crippen molar-refractivity contribution in [3.63, 3.8) is 0 Å². The molecule has 0 unspecified atom stereocenters. The van der Waals surface area contributed by atoms with Crippen molar-refractivity contribution in [2.75, 3.05) is 0 Å². The molecule has 0 heterocycles. The molecular weight excluding hydrogens is 128 g/mol. The Bertz CT molecular complexity index is 106. The summed E-state index contributed by atoms with van der Waals surface area (Å²) in [6.45, 7) is 11.1. The van der Waals surface area contributed by atoms with E-state index in [0.29, 0.717) is 0 Å². The maximum Gasteiger partial charge on any atom is 0.204 e. The van der Waals surface area contributed by atoms with Gasteiger partial charge in [-0.05, 0) is 13.8 Å². The van der Waals surface area contributed by atoms with E-state index in [4.69, 9.17) is 9.47 Å². The highest BCUT2D eigenvalue weighted by Gasteiger charge is 2.19. The average molecular weight is 144 g/mol. The summed E-state index contributed by atoms with van der Waals surface area (Å²) in [5, 5.41) is 0. The number of hydrogen-bond donors (Lipinski definition) is 0. The summed E-state index contributed by atoms with van der Waals surface area (Å²) in [7, 11) is 0. The highest BCUT2D eigenvalue weighted by atomic mass is 16.7.